The average molecular weight is 289 g/mol. The quantitative estimate of drug-likeness (QED) is 0.929. The molecule has 1 amide bonds. The molecular formula is C16H23N3O2. The second-order valence-electron chi connectivity index (χ2n) is 5.79. The molecule has 2 aliphatic rings. The summed E-state index contributed by atoms with van der Waals surface area (Å²) in [5.41, 5.74) is 1.15. The number of ether oxygens (including phenoxy) is 1. The van der Waals surface area contributed by atoms with Gasteiger partial charge in [0.05, 0.1) is 11.9 Å². The minimum absolute atomic E-state index is 0.0810. The number of nitrogens with zero attached hydrogens (tertiary/aromatic N) is 2. The van der Waals surface area contributed by atoms with Crippen LogP contribution in [0.25, 0.3) is 0 Å². The van der Waals surface area contributed by atoms with Gasteiger partial charge in [-0.1, -0.05) is 12.8 Å². The van der Waals surface area contributed by atoms with Gasteiger partial charge >= 0.3 is 0 Å². The van der Waals surface area contributed by atoms with E-state index in [2.05, 4.69) is 15.2 Å². The highest BCUT2D eigenvalue weighted by molar-refractivity contribution is 5.93. The van der Waals surface area contributed by atoms with Crippen LogP contribution in [0.1, 0.15) is 38.5 Å². The van der Waals surface area contributed by atoms with Crippen LogP contribution in [-0.2, 0) is 9.53 Å². The molecule has 0 aliphatic carbocycles. The maximum Gasteiger partial charge on any atom is 0.254 e. The van der Waals surface area contributed by atoms with Crippen LogP contribution in [0, 0.1) is 0 Å². The number of pyridine rings is 1. The van der Waals surface area contributed by atoms with Crippen molar-refractivity contribution in [2.24, 2.45) is 0 Å². The molecule has 0 unspecified atom stereocenters. The van der Waals surface area contributed by atoms with Crippen molar-refractivity contribution in [3.63, 3.8) is 0 Å². The van der Waals surface area contributed by atoms with Crippen molar-refractivity contribution in [1.82, 2.24) is 4.98 Å². The van der Waals surface area contributed by atoms with Gasteiger partial charge in [-0.25, -0.2) is 4.98 Å². The van der Waals surface area contributed by atoms with Gasteiger partial charge in [0.1, 0.15) is 11.9 Å². The number of carbonyl (C=O) groups is 1. The first-order valence-electron chi connectivity index (χ1n) is 7.96. The Bertz CT molecular complexity index is 461. The van der Waals surface area contributed by atoms with Crippen molar-refractivity contribution < 1.29 is 9.53 Å². The summed E-state index contributed by atoms with van der Waals surface area (Å²) in [6, 6.07) is 3.93. The first-order chi connectivity index (χ1) is 10.3. The molecule has 2 saturated heterocycles. The molecule has 21 heavy (non-hydrogen) atoms. The van der Waals surface area contributed by atoms with E-state index in [4.69, 9.17) is 4.74 Å². The minimum Gasteiger partial charge on any atom is -0.370 e. The third-order valence-corrected chi connectivity index (χ3v) is 4.19. The SMILES string of the molecule is O=C(Nc1ccc(N2CCCCCC2)cn1)[C@@H]1CCCO1. The van der Waals surface area contributed by atoms with Crippen LogP contribution >= 0.6 is 0 Å². The largest absolute Gasteiger partial charge is 0.370 e. The highest BCUT2D eigenvalue weighted by Gasteiger charge is 2.23. The van der Waals surface area contributed by atoms with Gasteiger partial charge in [-0.2, -0.15) is 0 Å². The van der Waals surface area contributed by atoms with Gasteiger partial charge in [0.2, 0.25) is 0 Å². The molecule has 0 saturated carbocycles. The van der Waals surface area contributed by atoms with E-state index >= 15 is 0 Å². The first-order valence-corrected chi connectivity index (χ1v) is 7.96. The third kappa shape index (κ3) is 3.73. The van der Waals surface area contributed by atoms with Crippen LogP contribution in [0.2, 0.25) is 0 Å². The second-order valence-corrected chi connectivity index (χ2v) is 5.79. The van der Waals surface area contributed by atoms with E-state index in [9.17, 15) is 4.79 Å². The predicted molar refractivity (Wildman–Crippen MR) is 82.5 cm³/mol. The number of rotatable bonds is 3. The van der Waals surface area contributed by atoms with E-state index < -0.39 is 0 Å². The number of amides is 1. The summed E-state index contributed by atoms with van der Waals surface area (Å²) in [7, 11) is 0. The lowest BCUT2D eigenvalue weighted by atomic mass is 10.2. The molecule has 0 spiro atoms. The normalized spacial score (nSPS) is 22.9. The Morgan fingerprint density at radius 2 is 2.00 bits per heavy atom. The molecule has 3 rings (SSSR count). The zero-order valence-corrected chi connectivity index (χ0v) is 12.4. The van der Waals surface area contributed by atoms with Gasteiger partial charge in [0, 0.05) is 19.7 Å². The number of aromatic nitrogens is 1. The molecule has 1 aromatic heterocycles. The van der Waals surface area contributed by atoms with Crippen LogP contribution < -0.4 is 10.2 Å². The molecule has 0 radical (unpaired) electrons. The number of nitrogens with one attached hydrogen (secondary N) is 1. The standard InChI is InChI=1S/C16H23N3O2/c20-16(14-6-5-11-21-14)18-15-8-7-13(12-17-15)19-9-3-1-2-4-10-19/h7-8,12,14H,1-6,9-11H2,(H,17,18,20)/t14-/m0/s1. The van der Waals surface area contributed by atoms with Gasteiger partial charge in [0.25, 0.3) is 5.91 Å². The fraction of sp³-hybridized carbons (Fsp3) is 0.625. The zero-order valence-electron chi connectivity index (χ0n) is 12.4. The predicted octanol–water partition coefficient (Wildman–Crippen LogP) is 2.58. The zero-order chi connectivity index (χ0) is 14.5. The van der Waals surface area contributed by atoms with Crippen molar-refractivity contribution in [1.29, 1.82) is 0 Å². The first kappa shape index (κ1) is 14.3. The van der Waals surface area contributed by atoms with Gasteiger partial charge in [-0.3, -0.25) is 4.79 Å². The highest BCUT2D eigenvalue weighted by Crippen LogP contribution is 2.20. The number of carbonyl (C=O) groups excluding carboxylic acids is 1. The molecule has 0 aromatic carbocycles. The average Bonchev–Trinajstić information content (AvgIpc) is 2.91. The van der Waals surface area contributed by atoms with E-state index in [-0.39, 0.29) is 12.0 Å². The molecule has 2 fully saturated rings. The van der Waals surface area contributed by atoms with Crippen molar-refractivity contribution in [3.8, 4) is 0 Å². The molecular weight excluding hydrogens is 266 g/mol. The highest BCUT2D eigenvalue weighted by atomic mass is 16.5. The Kier molecular flexibility index (Phi) is 4.70. The number of hydrogen-bond donors (Lipinski definition) is 1. The molecule has 5 nitrogen and oxygen atoms in total. The lowest BCUT2D eigenvalue weighted by molar-refractivity contribution is -0.124. The van der Waals surface area contributed by atoms with E-state index in [1.165, 1.54) is 25.7 Å². The summed E-state index contributed by atoms with van der Waals surface area (Å²) in [4.78, 5) is 18.7. The van der Waals surface area contributed by atoms with E-state index in [1.807, 2.05) is 18.3 Å². The molecule has 2 aliphatic heterocycles. The summed E-state index contributed by atoms with van der Waals surface area (Å²) >= 11 is 0. The summed E-state index contributed by atoms with van der Waals surface area (Å²) in [6.07, 6.45) is 8.44. The van der Waals surface area contributed by atoms with Crippen LogP contribution in [0.15, 0.2) is 18.3 Å². The Morgan fingerprint density at radius 1 is 1.19 bits per heavy atom. The number of hydrogen-bond acceptors (Lipinski definition) is 4. The molecule has 1 N–H and O–H groups in total. The van der Waals surface area contributed by atoms with Gasteiger partial charge in [-0.15, -0.1) is 0 Å². The monoisotopic (exact) mass is 289 g/mol. The van der Waals surface area contributed by atoms with Gasteiger partial charge in [0.15, 0.2) is 0 Å². The topological polar surface area (TPSA) is 54.5 Å². The summed E-state index contributed by atoms with van der Waals surface area (Å²) in [5, 5.41) is 2.83. The second kappa shape index (κ2) is 6.89. The van der Waals surface area contributed by atoms with Gasteiger partial charge < -0.3 is 15.0 Å². The van der Waals surface area contributed by atoms with Gasteiger partial charge in [-0.05, 0) is 37.8 Å². The van der Waals surface area contributed by atoms with E-state index in [0.717, 1.165) is 31.6 Å². The lowest BCUT2D eigenvalue weighted by Gasteiger charge is -2.22. The molecule has 5 heteroatoms. The fourth-order valence-corrected chi connectivity index (χ4v) is 2.97. The van der Waals surface area contributed by atoms with Crippen LogP contribution in [0.3, 0.4) is 0 Å². The summed E-state index contributed by atoms with van der Waals surface area (Å²) in [6.45, 7) is 2.88. The van der Waals surface area contributed by atoms with E-state index in [0.29, 0.717) is 12.4 Å². The minimum atomic E-state index is -0.308. The van der Waals surface area contributed by atoms with Crippen molar-refractivity contribution in [3.05, 3.63) is 18.3 Å². The summed E-state index contributed by atoms with van der Waals surface area (Å²) in [5.74, 6) is 0.525. The Hall–Kier alpha value is -1.62. The number of anilines is 2. The Morgan fingerprint density at radius 3 is 2.62 bits per heavy atom. The van der Waals surface area contributed by atoms with Crippen molar-refractivity contribution in [2.45, 2.75) is 44.6 Å². The van der Waals surface area contributed by atoms with E-state index in [1.54, 1.807) is 0 Å². The third-order valence-electron chi connectivity index (χ3n) is 4.19. The molecule has 3 heterocycles. The van der Waals surface area contributed by atoms with Crippen LogP contribution in [0.4, 0.5) is 11.5 Å². The maximum atomic E-state index is 12.0. The maximum absolute atomic E-state index is 12.0. The molecule has 114 valence electrons. The Balaban J connectivity index is 1.59. The summed E-state index contributed by atoms with van der Waals surface area (Å²) < 4.78 is 5.37. The van der Waals surface area contributed by atoms with Crippen LogP contribution in [0.5, 0.6) is 0 Å². The lowest BCUT2D eigenvalue weighted by Crippen LogP contribution is -2.27. The molecule has 0 bridgehead atoms. The van der Waals surface area contributed by atoms with Crippen LogP contribution in [-0.4, -0.2) is 36.7 Å². The van der Waals surface area contributed by atoms with Crippen molar-refractivity contribution >= 4 is 17.4 Å². The Labute approximate surface area is 125 Å². The molecule has 1 atom stereocenters. The smallest absolute Gasteiger partial charge is 0.254 e. The fourth-order valence-electron chi connectivity index (χ4n) is 2.97. The van der Waals surface area contributed by atoms with Crippen molar-refractivity contribution in [2.75, 3.05) is 29.9 Å². The molecule has 1 aromatic rings.